The van der Waals surface area contributed by atoms with Gasteiger partial charge in [0.2, 0.25) is 0 Å². The van der Waals surface area contributed by atoms with E-state index in [0.29, 0.717) is 99.4 Å². The molecule has 0 saturated carbocycles. The van der Waals surface area contributed by atoms with Gasteiger partial charge in [-0.1, -0.05) is 189 Å². The monoisotopic (exact) mass is 1110 g/mol. The molecule has 11 aromatic rings. The second-order valence-electron chi connectivity index (χ2n) is 22.4. The number of carbonyl (C=O) groups excluding carboxylic acids is 2. The normalized spacial score (nSPS) is 13.4. The summed E-state index contributed by atoms with van der Waals surface area (Å²) in [6.07, 6.45) is 0. The molecule has 82 heavy (non-hydrogen) atoms. The van der Waals surface area contributed by atoms with Crippen molar-refractivity contribution in [2.24, 2.45) is 0 Å². The van der Waals surface area contributed by atoms with Gasteiger partial charge in [0, 0.05) is 54.2 Å². The lowest BCUT2D eigenvalue weighted by Crippen LogP contribution is -2.42. The number of anilines is 2. The van der Waals surface area contributed by atoms with Gasteiger partial charge < -0.3 is 18.9 Å². The third kappa shape index (κ3) is 8.45. The van der Waals surface area contributed by atoms with E-state index in [9.17, 15) is 0 Å². The minimum absolute atomic E-state index is 0.0280. The van der Waals surface area contributed by atoms with E-state index in [1.807, 2.05) is 164 Å². The number of ether oxygens (including phenoxy) is 4. The number of hydrogen-bond acceptors (Lipinski definition) is 8. The maximum absolute atomic E-state index is 16.1. The largest absolute Gasteiger partial charge is 0.457 e. The van der Waals surface area contributed by atoms with Crippen LogP contribution in [-0.4, -0.2) is 21.8 Å². The van der Waals surface area contributed by atoms with Gasteiger partial charge in [0.15, 0.2) is 0 Å². The lowest BCUT2D eigenvalue weighted by Gasteiger charge is -2.37. The highest BCUT2D eigenvalue weighted by Crippen LogP contribution is 2.59. The number of rotatable bonds is 14. The van der Waals surface area contributed by atoms with Gasteiger partial charge in [-0.3, -0.25) is 14.5 Å². The first-order chi connectivity index (χ1) is 39.7. The molecule has 0 aromatic heterocycles. The Bertz CT molecular complexity index is 3880. The lowest BCUT2D eigenvalue weighted by atomic mass is 9.80. The number of para-hydroxylation sites is 6. The summed E-state index contributed by atoms with van der Waals surface area (Å²) in [7, 11) is 0. The van der Waals surface area contributed by atoms with Crippen LogP contribution in [0, 0.1) is 0 Å². The van der Waals surface area contributed by atoms with Crippen molar-refractivity contribution in [1.82, 2.24) is 0 Å². The summed E-state index contributed by atoms with van der Waals surface area (Å²) in [6, 6.07) is 58.5. The van der Waals surface area contributed by atoms with Crippen LogP contribution in [0.2, 0.25) is 0 Å². The number of carbonyl (C=O) groups is 2. The van der Waals surface area contributed by atoms with E-state index < -0.39 is 11.8 Å². The first-order valence-corrected chi connectivity index (χ1v) is 28.8. The van der Waals surface area contributed by atoms with Crippen LogP contribution in [-0.2, 0) is 0 Å². The van der Waals surface area contributed by atoms with Gasteiger partial charge in [-0.2, -0.15) is 0 Å². The van der Waals surface area contributed by atoms with Crippen molar-refractivity contribution in [1.29, 1.82) is 0 Å². The van der Waals surface area contributed by atoms with Gasteiger partial charge in [-0.05, 0) is 119 Å². The SMILES string of the molecule is CC(C)c1cccc(C(C)C)c1N1C(=O)c2cc(Oc3ccccc3)c3c4c(Oc5ccccc5)cc5c6c(cc(Oc7ccccc7)c(c7c(Oc8ccccc8)cc(c2c37)C1=O)c64)C(=S)N(c1c(C(C)C)cccc1C(C)C)C5=S. The molecule has 2 amide bonds. The minimum Gasteiger partial charge on any atom is -0.457 e. The summed E-state index contributed by atoms with van der Waals surface area (Å²) >= 11 is 13.7. The Balaban J connectivity index is 1.26. The standard InChI is InChI=1S/C72H58N2O6S2/c1-39(2)47-31-21-32-48(40(3)4)67(47)73-69(75)51-35-55(77-43-23-13-9-14-24-43)61-63-57(79-45-27-17-11-18-28-45)37-53-60-54(72(82)74(71(53)81)68-49(41(5)6)33-22-34-50(68)42(7)8)38-58(80-46-29-19-12-20-30-46)64(66(60)63)62-56(78-44-25-15-10-16-26-44)36-52(70(73)76)59(51)65(61)62/h9-42H,1-8H3. The Labute approximate surface area is 487 Å². The van der Waals surface area contributed by atoms with E-state index >= 15 is 9.59 Å². The Kier molecular flexibility index (Phi) is 13.1. The van der Waals surface area contributed by atoms with Crippen molar-refractivity contribution >= 4 is 101 Å². The van der Waals surface area contributed by atoms with Gasteiger partial charge in [0.1, 0.15) is 56.0 Å². The summed E-state index contributed by atoms with van der Waals surface area (Å²) in [5.74, 6) is 3.06. The van der Waals surface area contributed by atoms with Crippen molar-refractivity contribution in [3.8, 4) is 46.0 Å². The second-order valence-corrected chi connectivity index (χ2v) is 23.2. The summed E-state index contributed by atoms with van der Waals surface area (Å²) < 4.78 is 29.0. The highest BCUT2D eigenvalue weighted by molar-refractivity contribution is 7.83. The number of imide groups is 1. The Morgan fingerprint density at radius 3 is 0.841 bits per heavy atom. The molecule has 11 aromatic carbocycles. The molecule has 0 fully saturated rings. The number of hydrogen-bond donors (Lipinski definition) is 0. The number of amides is 2. The lowest BCUT2D eigenvalue weighted by molar-refractivity contribution is 0.0892. The molecular weight excluding hydrogens is 1050 g/mol. The zero-order valence-corrected chi connectivity index (χ0v) is 48.4. The van der Waals surface area contributed by atoms with Crippen LogP contribution >= 0.6 is 24.4 Å². The van der Waals surface area contributed by atoms with Gasteiger partial charge in [0.05, 0.1) is 22.5 Å². The minimum atomic E-state index is -0.476. The van der Waals surface area contributed by atoms with Crippen LogP contribution in [0.15, 0.2) is 182 Å². The maximum Gasteiger partial charge on any atom is 0.266 e. The molecular formula is C72H58N2O6S2. The zero-order valence-electron chi connectivity index (χ0n) is 46.8. The molecule has 2 aliphatic rings. The molecule has 0 atom stereocenters. The topological polar surface area (TPSA) is 77.5 Å². The third-order valence-electron chi connectivity index (χ3n) is 15.9. The molecule has 0 bridgehead atoms. The zero-order chi connectivity index (χ0) is 56.8. The van der Waals surface area contributed by atoms with Gasteiger partial charge in [0.25, 0.3) is 11.8 Å². The van der Waals surface area contributed by atoms with E-state index in [2.05, 4.69) is 78.5 Å². The van der Waals surface area contributed by atoms with Crippen molar-refractivity contribution in [3.63, 3.8) is 0 Å². The van der Waals surface area contributed by atoms with Crippen molar-refractivity contribution in [2.45, 2.75) is 79.1 Å². The Hall–Kier alpha value is -8.96. The van der Waals surface area contributed by atoms with Gasteiger partial charge >= 0.3 is 0 Å². The summed E-state index contributed by atoms with van der Waals surface area (Å²) in [4.78, 5) is 36.8. The van der Waals surface area contributed by atoms with Crippen LogP contribution in [0.25, 0.3) is 43.1 Å². The Morgan fingerprint density at radius 1 is 0.305 bits per heavy atom. The van der Waals surface area contributed by atoms with Gasteiger partial charge in [-0.25, -0.2) is 4.90 Å². The predicted octanol–water partition coefficient (Wildman–Crippen LogP) is 20.1. The Morgan fingerprint density at radius 2 is 0.561 bits per heavy atom. The van der Waals surface area contributed by atoms with Gasteiger partial charge in [-0.15, -0.1) is 0 Å². The first-order valence-electron chi connectivity index (χ1n) is 28.0. The first kappa shape index (κ1) is 52.4. The maximum atomic E-state index is 16.1. The van der Waals surface area contributed by atoms with Crippen LogP contribution in [0.5, 0.6) is 46.0 Å². The molecule has 0 N–H and O–H groups in total. The molecule has 8 nitrogen and oxygen atoms in total. The van der Waals surface area contributed by atoms with Crippen LogP contribution < -0.4 is 28.7 Å². The summed E-state index contributed by atoms with van der Waals surface area (Å²) in [5, 5.41) is 4.91. The fourth-order valence-corrected chi connectivity index (χ4v) is 13.0. The summed E-state index contributed by atoms with van der Waals surface area (Å²) in [5.41, 5.74) is 7.54. The highest BCUT2D eigenvalue weighted by atomic mass is 32.1. The van der Waals surface area contributed by atoms with E-state index in [-0.39, 0.29) is 34.8 Å². The van der Waals surface area contributed by atoms with E-state index in [0.717, 1.165) is 44.5 Å². The van der Waals surface area contributed by atoms with Crippen LogP contribution in [0.3, 0.4) is 0 Å². The molecule has 13 rings (SSSR count). The van der Waals surface area contributed by atoms with Crippen LogP contribution in [0.4, 0.5) is 11.4 Å². The van der Waals surface area contributed by atoms with E-state index in [4.69, 9.17) is 43.4 Å². The molecule has 2 heterocycles. The van der Waals surface area contributed by atoms with Crippen LogP contribution in [0.1, 0.15) is 133 Å². The number of fused-ring (bicyclic) bond motifs is 2. The van der Waals surface area contributed by atoms with Crippen molar-refractivity contribution < 1.29 is 28.5 Å². The average Bonchev–Trinajstić information content (AvgIpc) is 1.49. The highest BCUT2D eigenvalue weighted by Gasteiger charge is 2.43. The summed E-state index contributed by atoms with van der Waals surface area (Å²) in [6.45, 7) is 17.1. The number of benzene rings is 11. The van der Waals surface area contributed by atoms with E-state index in [1.54, 1.807) is 0 Å². The molecule has 0 spiro atoms. The second kappa shape index (κ2) is 20.5. The fraction of sp³-hybridized carbons (Fsp3) is 0.167. The molecule has 10 heteroatoms. The molecule has 404 valence electrons. The molecule has 0 saturated heterocycles. The molecule has 0 aliphatic carbocycles. The molecule has 0 unspecified atom stereocenters. The smallest absolute Gasteiger partial charge is 0.266 e. The van der Waals surface area contributed by atoms with Crippen molar-refractivity contribution in [3.05, 3.63) is 226 Å². The van der Waals surface area contributed by atoms with Crippen molar-refractivity contribution in [2.75, 3.05) is 9.80 Å². The average molecular weight is 1110 g/mol. The predicted molar refractivity (Wildman–Crippen MR) is 340 cm³/mol. The van der Waals surface area contributed by atoms with E-state index in [1.165, 1.54) is 4.90 Å². The molecule has 0 radical (unpaired) electrons. The number of nitrogens with zero attached hydrogens (tertiary/aromatic N) is 2. The quantitative estimate of drug-likeness (QED) is 0.0458. The number of thiocarbonyl (C=S) groups is 2. The third-order valence-corrected chi connectivity index (χ3v) is 16.7. The molecule has 2 aliphatic heterocycles. The fourth-order valence-electron chi connectivity index (χ4n) is 12.2.